The Hall–Kier alpha value is -3.55. The van der Waals surface area contributed by atoms with Crippen LogP contribution >= 0.6 is 0 Å². The molecule has 3 aliphatic rings. The van der Waals surface area contributed by atoms with Crippen LogP contribution in [0.5, 0.6) is 5.75 Å². The van der Waals surface area contributed by atoms with Crippen LogP contribution in [-0.2, 0) is 6.54 Å². The first-order valence-electron chi connectivity index (χ1n) is 11.1. The Kier molecular flexibility index (Phi) is 4.52. The molecule has 2 fully saturated rings. The fraction of sp³-hybridized carbons (Fsp3) is 0.375. The predicted octanol–water partition coefficient (Wildman–Crippen LogP) is 2.88. The second-order valence-corrected chi connectivity index (χ2v) is 8.82. The van der Waals surface area contributed by atoms with E-state index in [-0.39, 0.29) is 5.60 Å². The topological polar surface area (TPSA) is 79.6 Å². The van der Waals surface area contributed by atoms with Gasteiger partial charge in [-0.2, -0.15) is 0 Å². The van der Waals surface area contributed by atoms with E-state index in [2.05, 4.69) is 60.9 Å². The molecule has 0 bridgehead atoms. The average molecular weight is 428 g/mol. The van der Waals surface area contributed by atoms with Gasteiger partial charge in [-0.05, 0) is 43.5 Å². The van der Waals surface area contributed by atoms with Crippen LogP contribution in [0.25, 0.3) is 0 Å². The lowest BCUT2D eigenvalue weighted by atomic mass is 10.0. The third-order valence-corrected chi connectivity index (χ3v) is 6.40. The predicted molar refractivity (Wildman–Crippen MR) is 123 cm³/mol. The molecular formula is C24H25N7O. The molecule has 0 N–H and O–H groups in total. The summed E-state index contributed by atoms with van der Waals surface area (Å²) in [5.74, 6) is 2.62. The maximum absolute atomic E-state index is 6.18. The van der Waals surface area contributed by atoms with Gasteiger partial charge in [-0.1, -0.05) is 6.07 Å². The Morgan fingerprint density at radius 2 is 1.69 bits per heavy atom. The summed E-state index contributed by atoms with van der Waals surface area (Å²) in [5.41, 5.74) is 4.11. The van der Waals surface area contributed by atoms with Gasteiger partial charge < -0.3 is 14.5 Å². The molecular weight excluding hydrogens is 402 g/mol. The van der Waals surface area contributed by atoms with E-state index < -0.39 is 0 Å². The molecule has 2 aromatic heterocycles. The maximum atomic E-state index is 6.18. The number of benzene rings is 1. The summed E-state index contributed by atoms with van der Waals surface area (Å²) in [6, 6.07) is 10.2. The zero-order valence-electron chi connectivity index (χ0n) is 18.1. The molecule has 0 unspecified atom stereocenters. The van der Waals surface area contributed by atoms with Crippen molar-refractivity contribution >= 4 is 17.5 Å². The summed E-state index contributed by atoms with van der Waals surface area (Å²) < 4.78 is 6.18. The van der Waals surface area contributed by atoms with E-state index in [0.29, 0.717) is 6.54 Å². The standard InChI is InChI=1S/C24H25N7O/c1-24(5-6-24)32-18-4-3-17-15-27-22(19(17)13-18)20-14-21(29-16-28-20)30-9-11-31(12-10-30)23-25-7-2-8-26-23/h2-4,7-8,13-14,16H,5-6,9-12,15H2,1H3. The molecule has 0 atom stereocenters. The second kappa shape index (κ2) is 7.55. The van der Waals surface area contributed by atoms with Crippen molar-refractivity contribution in [3.8, 4) is 5.75 Å². The van der Waals surface area contributed by atoms with Crippen LogP contribution < -0.4 is 14.5 Å². The van der Waals surface area contributed by atoms with Gasteiger partial charge in [-0.15, -0.1) is 0 Å². The number of nitrogens with zero attached hydrogens (tertiary/aromatic N) is 7. The van der Waals surface area contributed by atoms with E-state index in [1.807, 2.05) is 6.07 Å². The lowest BCUT2D eigenvalue weighted by molar-refractivity contribution is 0.200. The molecule has 0 spiro atoms. The number of ether oxygens (including phenoxy) is 1. The van der Waals surface area contributed by atoms with Gasteiger partial charge in [0, 0.05) is 50.2 Å². The second-order valence-electron chi connectivity index (χ2n) is 8.82. The Bertz CT molecular complexity index is 1170. The highest BCUT2D eigenvalue weighted by Crippen LogP contribution is 2.40. The van der Waals surface area contributed by atoms with Gasteiger partial charge in [-0.3, -0.25) is 4.99 Å². The molecule has 1 aromatic carbocycles. The van der Waals surface area contributed by atoms with Crippen molar-refractivity contribution in [2.24, 2.45) is 4.99 Å². The zero-order valence-corrected chi connectivity index (χ0v) is 18.1. The highest BCUT2D eigenvalue weighted by Gasteiger charge is 2.40. The number of hydrogen-bond acceptors (Lipinski definition) is 8. The van der Waals surface area contributed by atoms with Crippen molar-refractivity contribution in [3.05, 3.63) is 65.9 Å². The molecule has 0 radical (unpaired) electrons. The molecule has 6 rings (SSSR count). The van der Waals surface area contributed by atoms with Crippen LogP contribution in [0.1, 0.15) is 36.6 Å². The molecule has 4 heterocycles. The molecule has 2 aliphatic heterocycles. The highest BCUT2D eigenvalue weighted by atomic mass is 16.5. The van der Waals surface area contributed by atoms with Gasteiger partial charge in [0.05, 0.1) is 18.0 Å². The first-order valence-corrected chi connectivity index (χ1v) is 11.1. The van der Waals surface area contributed by atoms with E-state index in [9.17, 15) is 0 Å². The fourth-order valence-electron chi connectivity index (χ4n) is 4.25. The molecule has 1 saturated carbocycles. The van der Waals surface area contributed by atoms with E-state index in [1.165, 1.54) is 5.56 Å². The molecule has 1 saturated heterocycles. The molecule has 32 heavy (non-hydrogen) atoms. The minimum atomic E-state index is -0.000825. The van der Waals surface area contributed by atoms with Crippen molar-refractivity contribution in [1.82, 2.24) is 19.9 Å². The largest absolute Gasteiger partial charge is 0.488 e. The lowest BCUT2D eigenvalue weighted by Gasteiger charge is -2.35. The average Bonchev–Trinajstić information content (AvgIpc) is 3.42. The normalized spacial score (nSPS) is 18.8. The molecule has 1 aliphatic carbocycles. The summed E-state index contributed by atoms with van der Waals surface area (Å²) in [5, 5.41) is 0. The summed E-state index contributed by atoms with van der Waals surface area (Å²) >= 11 is 0. The quantitative estimate of drug-likeness (QED) is 0.619. The minimum Gasteiger partial charge on any atom is -0.488 e. The van der Waals surface area contributed by atoms with Gasteiger partial charge in [0.15, 0.2) is 0 Å². The number of aliphatic imine (C=N–C) groups is 1. The lowest BCUT2D eigenvalue weighted by Crippen LogP contribution is -2.47. The number of aromatic nitrogens is 4. The van der Waals surface area contributed by atoms with Gasteiger partial charge in [-0.25, -0.2) is 19.9 Å². The van der Waals surface area contributed by atoms with Crippen molar-refractivity contribution in [2.45, 2.75) is 31.9 Å². The summed E-state index contributed by atoms with van der Waals surface area (Å²) in [4.78, 5) is 27.1. The van der Waals surface area contributed by atoms with Crippen molar-refractivity contribution in [2.75, 3.05) is 36.0 Å². The first-order chi connectivity index (χ1) is 15.7. The number of hydrogen-bond donors (Lipinski definition) is 0. The molecule has 0 amide bonds. The number of rotatable bonds is 5. The Morgan fingerprint density at radius 3 is 2.47 bits per heavy atom. The van der Waals surface area contributed by atoms with Crippen LogP contribution in [-0.4, -0.2) is 57.4 Å². The fourth-order valence-corrected chi connectivity index (χ4v) is 4.25. The van der Waals surface area contributed by atoms with Crippen LogP contribution in [0.15, 0.2) is 54.0 Å². The molecule has 3 aromatic rings. The summed E-state index contributed by atoms with van der Waals surface area (Å²) in [7, 11) is 0. The van der Waals surface area contributed by atoms with Crippen LogP contribution in [0.3, 0.4) is 0 Å². The Morgan fingerprint density at radius 1 is 0.906 bits per heavy atom. The SMILES string of the molecule is CC1(Oc2ccc3c(c2)C(c2cc(N4CCN(c5ncccn5)CC4)ncn2)=NC3)CC1. The smallest absolute Gasteiger partial charge is 0.225 e. The van der Waals surface area contributed by atoms with E-state index in [0.717, 1.165) is 73.5 Å². The number of fused-ring (bicyclic) bond motifs is 1. The molecule has 8 heteroatoms. The van der Waals surface area contributed by atoms with Gasteiger partial charge in [0.1, 0.15) is 23.5 Å². The van der Waals surface area contributed by atoms with E-state index in [1.54, 1.807) is 18.7 Å². The van der Waals surface area contributed by atoms with Crippen molar-refractivity contribution < 1.29 is 4.74 Å². The Balaban J connectivity index is 1.20. The Labute approximate surface area is 187 Å². The van der Waals surface area contributed by atoms with Crippen molar-refractivity contribution in [3.63, 3.8) is 0 Å². The summed E-state index contributed by atoms with van der Waals surface area (Å²) in [6.45, 7) is 6.26. The van der Waals surface area contributed by atoms with E-state index >= 15 is 0 Å². The van der Waals surface area contributed by atoms with Crippen LogP contribution in [0, 0.1) is 0 Å². The van der Waals surface area contributed by atoms with Crippen LogP contribution in [0.2, 0.25) is 0 Å². The maximum Gasteiger partial charge on any atom is 0.225 e. The van der Waals surface area contributed by atoms with Gasteiger partial charge >= 0.3 is 0 Å². The monoisotopic (exact) mass is 427 g/mol. The van der Waals surface area contributed by atoms with Crippen molar-refractivity contribution in [1.29, 1.82) is 0 Å². The first kappa shape index (κ1) is 19.2. The van der Waals surface area contributed by atoms with Gasteiger partial charge in [0.25, 0.3) is 0 Å². The number of anilines is 2. The van der Waals surface area contributed by atoms with E-state index in [4.69, 9.17) is 9.73 Å². The third-order valence-electron chi connectivity index (χ3n) is 6.40. The molecule has 8 nitrogen and oxygen atoms in total. The number of piperazine rings is 1. The van der Waals surface area contributed by atoms with Crippen LogP contribution in [0.4, 0.5) is 11.8 Å². The van der Waals surface area contributed by atoms with Gasteiger partial charge in [0.2, 0.25) is 5.95 Å². The third kappa shape index (κ3) is 3.66. The minimum absolute atomic E-state index is 0.000825. The highest BCUT2D eigenvalue weighted by molar-refractivity contribution is 6.14. The zero-order chi connectivity index (χ0) is 21.5. The summed E-state index contributed by atoms with van der Waals surface area (Å²) in [6.07, 6.45) is 7.44. The molecule has 162 valence electrons.